The summed E-state index contributed by atoms with van der Waals surface area (Å²) in [5.41, 5.74) is 0. The lowest BCUT2D eigenvalue weighted by Crippen LogP contribution is -2.35. The highest BCUT2D eigenvalue weighted by Crippen LogP contribution is 2.14. The van der Waals surface area contributed by atoms with Crippen LogP contribution in [0.5, 0.6) is 0 Å². The van der Waals surface area contributed by atoms with Gasteiger partial charge in [-0.2, -0.15) is 0 Å². The first-order valence-electron chi connectivity index (χ1n) is 6.68. The van der Waals surface area contributed by atoms with Crippen molar-refractivity contribution in [3.63, 3.8) is 0 Å². The molecule has 1 aliphatic rings. The predicted molar refractivity (Wildman–Crippen MR) is 65.1 cm³/mol. The first-order valence-corrected chi connectivity index (χ1v) is 6.68. The summed E-state index contributed by atoms with van der Waals surface area (Å²) in [5, 5.41) is 3.74. The Labute approximate surface area is 94.8 Å². The van der Waals surface area contributed by atoms with Crippen LogP contribution in [-0.4, -0.2) is 25.8 Å². The maximum Gasteiger partial charge on any atom is 0.0469 e. The molecule has 15 heavy (non-hydrogen) atoms. The van der Waals surface area contributed by atoms with Gasteiger partial charge in [0.2, 0.25) is 0 Å². The Morgan fingerprint density at radius 3 is 2.27 bits per heavy atom. The Balaban J connectivity index is 2.13. The molecule has 0 radical (unpaired) electrons. The molecule has 0 saturated carbocycles. The van der Waals surface area contributed by atoms with Crippen LogP contribution < -0.4 is 5.32 Å². The van der Waals surface area contributed by atoms with E-state index in [1.807, 2.05) is 0 Å². The molecule has 0 aromatic heterocycles. The third-order valence-electron chi connectivity index (χ3n) is 3.31. The molecule has 0 spiro atoms. The van der Waals surface area contributed by atoms with Gasteiger partial charge in [0, 0.05) is 19.3 Å². The van der Waals surface area contributed by atoms with E-state index in [-0.39, 0.29) is 0 Å². The van der Waals surface area contributed by atoms with Crippen LogP contribution in [-0.2, 0) is 4.74 Å². The van der Waals surface area contributed by atoms with Crippen LogP contribution in [0, 0.1) is 5.92 Å². The average molecular weight is 213 g/mol. The minimum atomic E-state index is 0.753. The Morgan fingerprint density at radius 1 is 1.13 bits per heavy atom. The molecule has 2 heteroatoms. The average Bonchev–Trinajstić information content (AvgIpc) is 2.28. The lowest BCUT2D eigenvalue weighted by atomic mass is 9.99. The second kappa shape index (κ2) is 8.12. The van der Waals surface area contributed by atoms with Crippen LogP contribution in [0.2, 0.25) is 0 Å². The lowest BCUT2D eigenvalue weighted by Gasteiger charge is -2.25. The van der Waals surface area contributed by atoms with Gasteiger partial charge in [0.1, 0.15) is 0 Å². The molecular formula is C13H27NO. The molecule has 1 aliphatic heterocycles. The second-order valence-electron chi connectivity index (χ2n) is 4.74. The van der Waals surface area contributed by atoms with Gasteiger partial charge in [-0.1, -0.05) is 26.7 Å². The summed E-state index contributed by atoms with van der Waals surface area (Å²) in [4.78, 5) is 0. The normalized spacial score (nSPS) is 18.6. The van der Waals surface area contributed by atoms with Crippen molar-refractivity contribution in [2.75, 3.05) is 19.8 Å². The maximum absolute atomic E-state index is 5.37. The first kappa shape index (κ1) is 13.0. The van der Waals surface area contributed by atoms with Crippen molar-refractivity contribution in [2.45, 2.75) is 58.4 Å². The molecule has 0 amide bonds. The summed E-state index contributed by atoms with van der Waals surface area (Å²) >= 11 is 0. The first-order chi connectivity index (χ1) is 7.36. The highest BCUT2D eigenvalue weighted by molar-refractivity contribution is 4.71. The van der Waals surface area contributed by atoms with Gasteiger partial charge >= 0.3 is 0 Å². The Kier molecular flexibility index (Phi) is 7.03. The molecule has 0 aromatic carbocycles. The SMILES string of the molecule is CCCC(CCC)NCC1CCOCC1. The zero-order valence-electron chi connectivity index (χ0n) is 10.4. The Morgan fingerprint density at radius 2 is 1.73 bits per heavy atom. The molecule has 0 aromatic rings. The molecule has 1 fully saturated rings. The van der Waals surface area contributed by atoms with Crippen LogP contribution in [0.1, 0.15) is 52.4 Å². The van der Waals surface area contributed by atoms with E-state index in [1.54, 1.807) is 0 Å². The fourth-order valence-electron chi connectivity index (χ4n) is 2.33. The third-order valence-corrected chi connectivity index (χ3v) is 3.31. The fraction of sp³-hybridized carbons (Fsp3) is 1.00. The van der Waals surface area contributed by atoms with Crippen LogP contribution in [0.4, 0.5) is 0 Å². The zero-order chi connectivity index (χ0) is 10.9. The third kappa shape index (κ3) is 5.53. The molecule has 1 rings (SSSR count). The van der Waals surface area contributed by atoms with Gasteiger partial charge in [-0.3, -0.25) is 0 Å². The minimum Gasteiger partial charge on any atom is -0.381 e. The van der Waals surface area contributed by atoms with E-state index >= 15 is 0 Å². The predicted octanol–water partition coefficient (Wildman–Crippen LogP) is 2.97. The fourth-order valence-corrected chi connectivity index (χ4v) is 2.33. The van der Waals surface area contributed by atoms with E-state index in [2.05, 4.69) is 19.2 Å². The van der Waals surface area contributed by atoms with Crippen LogP contribution in [0.25, 0.3) is 0 Å². The van der Waals surface area contributed by atoms with Gasteiger partial charge in [-0.25, -0.2) is 0 Å². The molecule has 0 aliphatic carbocycles. The number of nitrogens with one attached hydrogen (secondary N) is 1. The standard InChI is InChI=1S/C13H27NO/c1-3-5-13(6-4-2)14-11-12-7-9-15-10-8-12/h12-14H,3-11H2,1-2H3. The molecular weight excluding hydrogens is 186 g/mol. The second-order valence-corrected chi connectivity index (χ2v) is 4.74. The molecule has 90 valence electrons. The largest absolute Gasteiger partial charge is 0.381 e. The van der Waals surface area contributed by atoms with Gasteiger partial charge in [0.25, 0.3) is 0 Å². The van der Waals surface area contributed by atoms with E-state index in [1.165, 1.54) is 45.1 Å². The zero-order valence-corrected chi connectivity index (χ0v) is 10.4. The van der Waals surface area contributed by atoms with Gasteiger partial charge in [0.15, 0.2) is 0 Å². The molecule has 0 unspecified atom stereocenters. The Bertz CT molecular complexity index is 137. The lowest BCUT2D eigenvalue weighted by molar-refractivity contribution is 0.0652. The topological polar surface area (TPSA) is 21.3 Å². The summed E-state index contributed by atoms with van der Waals surface area (Å²) in [7, 11) is 0. The van der Waals surface area contributed by atoms with E-state index in [0.717, 1.165) is 25.2 Å². The van der Waals surface area contributed by atoms with E-state index in [0.29, 0.717) is 0 Å². The van der Waals surface area contributed by atoms with Crippen LogP contribution in [0.3, 0.4) is 0 Å². The van der Waals surface area contributed by atoms with Crippen LogP contribution in [0.15, 0.2) is 0 Å². The number of rotatable bonds is 7. The van der Waals surface area contributed by atoms with E-state index in [4.69, 9.17) is 4.74 Å². The van der Waals surface area contributed by atoms with Crippen molar-refractivity contribution in [2.24, 2.45) is 5.92 Å². The van der Waals surface area contributed by atoms with Crippen LogP contribution >= 0.6 is 0 Å². The summed E-state index contributed by atoms with van der Waals surface area (Å²) < 4.78 is 5.37. The number of ether oxygens (including phenoxy) is 1. The summed E-state index contributed by atoms with van der Waals surface area (Å²) in [5.74, 6) is 0.856. The van der Waals surface area contributed by atoms with Gasteiger partial charge in [-0.05, 0) is 38.1 Å². The monoisotopic (exact) mass is 213 g/mol. The van der Waals surface area contributed by atoms with Gasteiger partial charge in [0.05, 0.1) is 0 Å². The maximum atomic E-state index is 5.37. The quantitative estimate of drug-likeness (QED) is 0.702. The van der Waals surface area contributed by atoms with Crippen molar-refractivity contribution in [1.82, 2.24) is 5.32 Å². The van der Waals surface area contributed by atoms with E-state index < -0.39 is 0 Å². The molecule has 2 nitrogen and oxygen atoms in total. The summed E-state index contributed by atoms with van der Waals surface area (Å²) in [6.45, 7) is 7.70. The van der Waals surface area contributed by atoms with Crippen molar-refractivity contribution >= 4 is 0 Å². The molecule has 0 atom stereocenters. The van der Waals surface area contributed by atoms with Crippen molar-refractivity contribution in [3.05, 3.63) is 0 Å². The molecule has 1 saturated heterocycles. The Hall–Kier alpha value is -0.0800. The number of hydrogen-bond donors (Lipinski definition) is 1. The smallest absolute Gasteiger partial charge is 0.0469 e. The highest BCUT2D eigenvalue weighted by Gasteiger charge is 2.15. The molecule has 1 heterocycles. The van der Waals surface area contributed by atoms with Gasteiger partial charge in [-0.15, -0.1) is 0 Å². The number of hydrogen-bond acceptors (Lipinski definition) is 2. The molecule has 1 N–H and O–H groups in total. The molecule has 0 bridgehead atoms. The minimum absolute atomic E-state index is 0.753. The van der Waals surface area contributed by atoms with E-state index in [9.17, 15) is 0 Å². The van der Waals surface area contributed by atoms with Crippen molar-refractivity contribution < 1.29 is 4.74 Å². The summed E-state index contributed by atoms with van der Waals surface area (Å²) in [6, 6.07) is 0.753. The van der Waals surface area contributed by atoms with Gasteiger partial charge < -0.3 is 10.1 Å². The highest BCUT2D eigenvalue weighted by atomic mass is 16.5. The van der Waals surface area contributed by atoms with Crippen molar-refractivity contribution in [3.8, 4) is 0 Å². The summed E-state index contributed by atoms with van der Waals surface area (Å²) in [6.07, 6.45) is 7.75. The van der Waals surface area contributed by atoms with Crippen molar-refractivity contribution in [1.29, 1.82) is 0 Å².